The summed E-state index contributed by atoms with van der Waals surface area (Å²) in [4.78, 5) is 14.8. The van der Waals surface area contributed by atoms with E-state index < -0.39 is 5.56 Å². The molecular weight excluding hydrogens is 416 g/mol. The van der Waals surface area contributed by atoms with E-state index in [9.17, 15) is 10.1 Å². The Kier molecular flexibility index (Phi) is 5.46. The van der Waals surface area contributed by atoms with Crippen LogP contribution < -0.4 is 10.3 Å². The highest BCUT2D eigenvalue weighted by atomic mass is 79.9. The van der Waals surface area contributed by atoms with Crippen LogP contribution in [-0.4, -0.2) is 4.98 Å². The zero-order valence-corrected chi connectivity index (χ0v) is 16.2. The van der Waals surface area contributed by atoms with E-state index in [1.165, 1.54) is 0 Å². The molecule has 0 fully saturated rings. The van der Waals surface area contributed by atoms with E-state index in [1.807, 2.05) is 36.4 Å². The highest BCUT2D eigenvalue weighted by Crippen LogP contribution is 2.35. The third kappa shape index (κ3) is 3.82. The van der Waals surface area contributed by atoms with Gasteiger partial charge in [0.25, 0.3) is 5.56 Å². The van der Waals surface area contributed by atoms with Gasteiger partial charge in [0.05, 0.1) is 0 Å². The summed E-state index contributed by atoms with van der Waals surface area (Å²) in [7, 11) is 0. The number of pyridine rings is 1. The summed E-state index contributed by atoms with van der Waals surface area (Å²) in [5, 5.41) is 10.0. The smallest absolute Gasteiger partial charge is 0.266 e. The number of ether oxygens (including phenoxy) is 1. The Bertz CT molecular complexity index is 1070. The quantitative estimate of drug-likeness (QED) is 0.618. The molecule has 1 aromatic heterocycles. The summed E-state index contributed by atoms with van der Waals surface area (Å²) in [6.07, 6.45) is 0. The van der Waals surface area contributed by atoms with Gasteiger partial charge >= 0.3 is 0 Å². The first-order valence-corrected chi connectivity index (χ1v) is 8.97. The topological polar surface area (TPSA) is 65.9 Å². The van der Waals surface area contributed by atoms with Crippen molar-refractivity contribution >= 4 is 27.5 Å². The molecule has 0 unspecified atom stereocenters. The van der Waals surface area contributed by atoms with Gasteiger partial charge in [0.2, 0.25) is 0 Å². The van der Waals surface area contributed by atoms with E-state index in [0.29, 0.717) is 27.6 Å². The summed E-state index contributed by atoms with van der Waals surface area (Å²) in [5.74, 6) is 0.564. The molecule has 26 heavy (non-hydrogen) atoms. The molecule has 1 heterocycles. The first-order valence-electron chi connectivity index (χ1n) is 7.79. The fourth-order valence-corrected chi connectivity index (χ4v) is 3.17. The average molecular weight is 430 g/mol. The maximum absolute atomic E-state index is 12.1. The number of nitrogens with one attached hydrogen (secondary N) is 1. The molecule has 2 aromatic carbocycles. The van der Waals surface area contributed by atoms with E-state index in [1.54, 1.807) is 25.1 Å². The molecule has 1 N–H and O–H groups in total. The van der Waals surface area contributed by atoms with Crippen molar-refractivity contribution in [3.05, 3.63) is 85.2 Å². The molecule has 0 atom stereocenters. The van der Waals surface area contributed by atoms with Crippen LogP contribution in [0.2, 0.25) is 5.02 Å². The van der Waals surface area contributed by atoms with Crippen LogP contribution in [0.15, 0.2) is 57.8 Å². The number of nitriles is 1. The van der Waals surface area contributed by atoms with Crippen LogP contribution in [-0.2, 0) is 6.61 Å². The lowest BCUT2D eigenvalue weighted by molar-refractivity contribution is 0.307. The molecule has 0 saturated carbocycles. The van der Waals surface area contributed by atoms with Crippen molar-refractivity contribution in [2.24, 2.45) is 0 Å². The fraction of sp³-hybridized carbons (Fsp3) is 0.100. The summed E-state index contributed by atoms with van der Waals surface area (Å²) in [6, 6.07) is 16.7. The van der Waals surface area contributed by atoms with Gasteiger partial charge in [-0.15, -0.1) is 0 Å². The van der Waals surface area contributed by atoms with Crippen LogP contribution in [0.5, 0.6) is 5.75 Å². The average Bonchev–Trinajstić information content (AvgIpc) is 2.61. The predicted molar refractivity (Wildman–Crippen MR) is 105 cm³/mol. The van der Waals surface area contributed by atoms with E-state index in [2.05, 4.69) is 20.9 Å². The van der Waals surface area contributed by atoms with Gasteiger partial charge in [0, 0.05) is 31.9 Å². The summed E-state index contributed by atoms with van der Waals surface area (Å²) in [6.45, 7) is 2.05. The van der Waals surface area contributed by atoms with Crippen molar-refractivity contribution in [1.29, 1.82) is 5.26 Å². The maximum atomic E-state index is 12.1. The number of hydrogen-bond acceptors (Lipinski definition) is 3. The van der Waals surface area contributed by atoms with Gasteiger partial charge in [0.15, 0.2) is 0 Å². The minimum absolute atomic E-state index is 0.0521. The Morgan fingerprint density at radius 1 is 1.19 bits per heavy atom. The molecule has 130 valence electrons. The van der Waals surface area contributed by atoms with E-state index in [4.69, 9.17) is 16.3 Å². The third-order valence-electron chi connectivity index (χ3n) is 3.85. The minimum Gasteiger partial charge on any atom is -0.488 e. The number of aromatic nitrogens is 1. The van der Waals surface area contributed by atoms with Crippen LogP contribution in [0.4, 0.5) is 0 Å². The molecule has 0 bridgehead atoms. The van der Waals surface area contributed by atoms with Crippen LogP contribution >= 0.6 is 27.5 Å². The van der Waals surface area contributed by atoms with E-state index >= 15 is 0 Å². The number of nitrogens with zero attached hydrogens (tertiary/aromatic N) is 1. The van der Waals surface area contributed by atoms with Crippen molar-refractivity contribution in [2.75, 3.05) is 0 Å². The van der Waals surface area contributed by atoms with Crippen molar-refractivity contribution in [3.63, 3.8) is 0 Å². The normalized spacial score (nSPS) is 10.4. The third-order valence-corrected chi connectivity index (χ3v) is 4.71. The molecule has 6 heteroatoms. The Hall–Kier alpha value is -2.55. The Morgan fingerprint density at radius 2 is 1.96 bits per heavy atom. The number of benzene rings is 2. The molecular formula is C20H14BrClN2O2. The molecule has 4 nitrogen and oxygen atoms in total. The van der Waals surface area contributed by atoms with Crippen LogP contribution in [0.1, 0.15) is 16.8 Å². The van der Waals surface area contributed by atoms with Gasteiger partial charge in [-0.2, -0.15) is 5.26 Å². The highest BCUT2D eigenvalue weighted by Gasteiger charge is 2.15. The van der Waals surface area contributed by atoms with Crippen molar-refractivity contribution < 1.29 is 4.74 Å². The van der Waals surface area contributed by atoms with Gasteiger partial charge in [-0.25, -0.2) is 0 Å². The number of rotatable bonds is 4. The lowest BCUT2D eigenvalue weighted by atomic mass is 10.00. The van der Waals surface area contributed by atoms with Crippen molar-refractivity contribution in [3.8, 4) is 22.9 Å². The second kappa shape index (κ2) is 7.77. The lowest BCUT2D eigenvalue weighted by Gasteiger charge is -2.14. The maximum Gasteiger partial charge on any atom is 0.266 e. The van der Waals surface area contributed by atoms with Crippen LogP contribution in [0.3, 0.4) is 0 Å². The predicted octanol–water partition coefficient (Wildman–Crippen LogP) is 5.22. The molecule has 0 aliphatic rings. The largest absolute Gasteiger partial charge is 0.488 e. The van der Waals surface area contributed by atoms with Crippen LogP contribution in [0.25, 0.3) is 11.1 Å². The first kappa shape index (κ1) is 18.2. The molecule has 0 amide bonds. The Labute approximate surface area is 164 Å². The number of H-pyrrole nitrogens is 1. The van der Waals surface area contributed by atoms with Gasteiger partial charge in [-0.1, -0.05) is 45.7 Å². The number of aromatic amines is 1. The van der Waals surface area contributed by atoms with Crippen LogP contribution in [0, 0.1) is 18.3 Å². The number of halogens is 2. The standard InChI is InChI=1S/C20H14BrClN2O2/c1-12-8-15(17(10-23)20(25)24-12)16-9-14(21)6-7-19(16)26-11-13-4-2-3-5-18(13)22/h2-9H,11H2,1H3,(H,24,25). The van der Waals surface area contributed by atoms with Gasteiger partial charge < -0.3 is 9.72 Å². The van der Waals surface area contributed by atoms with Gasteiger partial charge in [-0.05, 0) is 37.3 Å². The molecule has 0 spiro atoms. The van der Waals surface area contributed by atoms with Crippen molar-refractivity contribution in [1.82, 2.24) is 4.98 Å². The zero-order chi connectivity index (χ0) is 18.7. The molecule has 0 radical (unpaired) electrons. The van der Waals surface area contributed by atoms with Gasteiger partial charge in [-0.3, -0.25) is 4.79 Å². The molecule has 3 aromatic rings. The molecule has 0 aliphatic carbocycles. The van der Waals surface area contributed by atoms with Gasteiger partial charge in [0.1, 0.15) is 24.0 Å². The monoisotopic (exact) mass is 428 g/mol. The summed E-state index contributed by atoms with van der Waals surface area (Å²) >= 11 is 9.62. The molecule has 3 rings (SSSR count). The lowest BCUT2D eigenvalue weighted by Crippen LogP contribution is -2.13. The number of aryl methyl sites for hydroxylation is 1. The Balaban J connectivity index is 2.07. The van der Waals surface area contributed by atoms with E-state index in [-0.39, 0.29) is 12.2 Å². The second-order valence-corrected chi connectivity index (χ2v) is 7.03. The first-order chi connectivity index (χ1) is 12.5. The second-order valence-electron chi connectivity index (χ2n) is 5.70. The minimum atomic E-state index is -0.417. The molecule has 0 saturated heterocycles. The Morgan fingerprint density at radius 3 is 2.69 bits per heavy atom. The molecule has 0 aliphatic heterocycles. The fourth-order valence-electron chi connectivity index (χ4n) is 2.62. The SMILES string of the molecule is Cc1cc(-c2cc(Br)ccc2OCc2ccccc2Cl)c(C#N)c(=O)[nH]1. The van der Waals surface area contributed by atoms with Crippen molar-refractivity contribution in [2.45, 2.75) is 13.5 Å². The summed E-state index contributed by atoms with van der Waals surface area (Å²) < 4.78 is 6.78. The zero-order valence-electron chi connectivity index (χ0n) is 13.8. The highest BCUT2D eigenvalue weighted by molar-refractivity contribution is 9.10. The van der Waals surface area contributed by atoms with E-state index in [0.717, 1.165) is 10.0 Å². The summed E-state index contributed by atoms with van der Waals surface area (Å²) in [5.41, 5.74) is 2.35. The number of hydrogen-bond donors (Lipinski definition) is 1.